The van der Waals surface area contributed by atoms with Crippen molar-refractivity contribution in [1.82, 2.24) is 9.71 Å². The molecule has 0 spiro atoms. The number of H-pyrrole nitrogens is 1. The summed E-state index contributed by atoms with van der Waals surface area (Å²) >= 11 is 0. The van der Waals surface area contributed by atoms with Gasteiger partial charge in [-0.1, -0.05) is 12.1 Å². The summed E-state index contributed by atoms with van der Waals surface area (Å²) in [6.45, 7) is 1.27. The molecule has 8 heteroatoms. The van der Waals surface area contributed by atoms with E-state index in [4.69, 9.17) is 9.84 Å². The Kier molecular flexibility index (Phi) is 4.71. The smallest absolute Gasteiger partial charge is 0.321 e. The minimum Gasteiger partial charge on any atom is -0.497 e. The average molecular weight is 374 g/mol. The Labute approximate surface area is 150 Å². The molecule has 0 amide bonds. The fraction of sp³-hybridized carbons (Fsp3) is 0.167. The summed E-state index contributed by atoms with van der Waals surface area (Å²) < 4.78 is 31.7. The molecule has 0 saturated carbocycles. The molecule has 26 heavy (non-hydrogen) atoms. The number of nitrogens with one attached hydrogen (secondary N) is 2. The molecule has 0 saturated heterocycles. The first-order chi connectivity index (χ1) is 12.3. The molecule has 0 aliphatic heterocycles. The Bertz CT molecular complexity index is 1050. The number of rotatable bonds is 6. The van der Waals surface area contributed by atoms with E-state index in [0.29, 0.717) is 0 Å². The topological polar surface area (TPSA) is 108 Å². The highest BCUT2D eigenvalue weighted by atomic mass is 32.2. The van der Waals surface area contributed by atoms with E-state index in [2.05, 4.69) is 9.71 Å². The number of aromatic amines is 1. The maximum Gasteiger partial charge on any atom is 0.321 e. The maximum absolute atomic E-state index is 12.2. The number of hydrogen-bond acceptors (Lipinski definition) is 4. The van der Waals surface area contributed by atoms with Gasteiger partial charge >= 0.3 is 5.97 Å². The van der Waals surface area contributed by atoms with Crippen LogP contribution in [0.5, 0.6) is 5.75 Å². The molecule has 0 aliphatic rings. The summed E-state index contributed by atoms with van der Waals surface area (Å²) in [5.74, 6) is -0.496. The van der Waals surface area contributed by atoms with E-state index in [1.165, 1.54) is 19.1 Å². The van der Waals surface area contributed by atoms with Gasteiger partial charge in [0.05, 0.1) is 12.0 Å². The third-order valence-corrected chi connectivity index (χ3v) is 5.56. The Morgan fingerprint density at radius 1 is 1.15 bits per heavy atom. The lowest BCUT2D eigenvalue weighted by atomic mass is 10.1. The van der Waals surface area contributed by atoms with Crippen LogP contribution in [0.15, 0.2) is 53.4 Å². The minimum absolute atomic E-state index is 0.00660. The highest BCUT2D eigenvalue weighted by molar-refractivity contribution is 7.89. The molecule has 1 aromatic heterocycles. The number of carbonyl (C=O) groups is 1. The average Bonchev–Trinajstić information content (AvgIpc) is 3.04. The standard InChI is InChI=1S/C18H18N2O5S/c1-11(18(21)22)20-26(23,24)15-7-4-12(5-8-15)16-9-13-3-6-14(25-2)10-17(13)19-16/h3-11,19-20H,1-2H3,(H,21,22)/t11-/m1/s1. The summed E-state index contributed by atoms with van der Waals surface area (Å²) in [6, 6.07) is 12.7. The number of sulfonamides is 1. The molecule has 3 rings (SSSR count). The summed E-state index contributed by atoms with van der Waals surface area (Å²) in [7, 11) is -2.29. The van der Waals surface area contributed by atoms with E-state index in [1.54, 1.807) is 19.2 Å². The Morgan fingerprint density at radius 2 is 1.85 bits per heavy atom. The molecule has 0 radical (unpaired) electrons. The van der Waals surface area contributed by atoms with Gasteiger partial charge in [0.1, 0.15) is 11.8 Å². The van der Waals surface area contributed by atoms with Gasteiger partial charge in [-0.3, -0.25) is 4.79 Å². The van der Waals surface area contributed by atoms with Crippen molar-refractivity contribution in [2.24, 2.45) is 0 Å². The number of carboxylic acid groups (broad SMARTS) is 1. The van der Waals surface area contributed by atoms with Crippen molar-refractivity contribution < 1.29 is 23.1 Å². The fourth-order valence-corrected chi connectivity index (χ4v) is 3.75. The first-order valence-corrected chi connectivity index (χ1v) is 9.31. The van der Waals surface area contributed by atoms with E-state index in [9.17, 15) is 13.2 Å². The van der Waals surface area contributed by atoms with Gasteiger partial charge in [-0.2, -0.15) is 4.72 Å². The molecule has 3 N–H and O–H groups in total. The van der Waals surface area contributed by atoms with Crippen molar-refractivity contribution in [2.45, 2.75) is 17.9 Å². The summed E-state index contributed by atoms with van der Waals surface area (Å²) in [5.41, 5.74) is 2.56. The molecular weight excluding hydrogens is 356 g/mol. The molecule has 0 fully saturated rings. The van der Waals surface area contributed by atoms with Gasteiger partial charge in [-0.25, -0.2) is 8.42 Å². The molecule has 2 aromatic carbocycles. The first-order valence-electron chi connectivity index (χ1n) is 7.82. The lowest BCUT2D eigenvalue weighted by molar-refractivity contribution is -0.138. The van der Waals surface area contributed by atoms with Crippen molar-refractivity contribution >= 4 is 26.9 Å². The van der Waals surface area contributed by atoms with Crippen LogP contribution in [-0.4, -0.2) is 37.6 Å². The second-order valence-corrected chi connectivity index (χ2v) is 7.56. The van der Waals surface area contributed by atoms with Crippen molar-refractivity contribution in [3.63, 3.8) is 0 Å². The molecule has 0 bridgehead atoms. The minimum atomic E-state index is -3.89. The van der Waals surface area contributed by atoms with E-state index >= 15 is 0 Å². The molecule has 0 aliphatic carbocycles. The monoisotopic (exact) mass is 374 g/mol. The van der Waals surface area contributed by atoms with E-state index in [0.717, 1.165) is 27.9 Å². The van der Waals surface area contributed by atoms with Crippen LogP contribution in [0.4, 0.5) is 0 Å². The van der Waals surface area contributed by atoms with Crippen molar-refractivity contribution in [3.8, 4) is 17.0 Å². The number of ether oxygens (including phenoxy) is 1. The number of aliphatic carboxylic acids is 1. The largest absolute Gasteiger partial charge is 0.497 e. The van der Waals surface area contributed by atoms with Gasteiger partial charge < -0.3 is 14.8 Å². The van der Waals surface area contributed by atoms with E-state index in [1.807, 2.05) is 24.3 Å². The lowest BCUT2D eigenvalue weighted by Gasteiger charge is -2.10. The van der Waals surface area contributed by atoms with Crippen LogP contribution in [0.2, 0.25) is 0 Å². The molecule has 1 heterocycles. The summed E-state index contributed by atoms with van der Waals surface area (Å²) in [4.78, 5) is 14.1. The van der Waals surface area contributed by atoms with Crippen molar-refractivity contribution in [1.29, 1.82) is 0 Å². The van der Waals surface area contributed by atoms with Crippen LogP contribution in [0, 0.1) is 0 Å². The molecule has 0 unspecified atom stereocenters. The molecule has 1 atom stereocenters. The highest BCUT2D eigenvalue weighted by Gasteiger charge is 2.21. The first kappa shape index (κ1) is 18.0. The summed E-state index contributed by atoms with van der Waals surface area (Å²) in [6.07, 6.45) is 0. The van der Waals surface area contributed by atoms with Crippen LogP contribution in [0.3, 0.4) is 0 Å². The molecule has 136 valence electrons. The Balaban J connectivity index is 1.89. The van der Waals surface area contributed by atoms with Crippen LogP contribution in [0.25, 0.3) is 22.2 Å². The van der Waals surface area contributed by atoms with Gasteiger partial charge in [0.2, 0.25) is 10.0 Å². The second kappa shape index (κ2) is 6.81. The van der Waals surface area contributed by atoms with Crippen molar-refractivity contribution in [2.75, 3.05) is 7.11 Å². The molecular formula is C18H18N2O5S. The zero-order valence-corrected chi connectivity index (χ0v) is 15.0. The summed E-state index contributed by atoms with van der Waals surface area (Å²) in [5, 5.41) is 9.86. The van der Waals surface area contributed by atoms with Crippen LogP contribution < -0.4 is 9.46 Å². The predicted molar refractivity (Wildman–Crippen MR) is 97.7 cm³/mol. The van der Waals surface area contributed by atoms with E-state index < -0.39 is 22.0 Å². The van der Waals surface area contributed by atoms with Crippen LogP contribution in [-0.2, 0) is 14.8 Å². The van der Waals surface area contributed by atoms with Crippen LogP contribution in [0.1, 0.15) is 6.92 Å². The Hall–Kier alpha value is -2.84. The number of methoxy groups -OCH3 is 1. The lowest BCUT2D eigenvalue weighted by Crippen LogP contribution is -2.38. The number of benzene rings is 2. The predicted octanol–water partition coefficient (Wildman–Crippen LogP) is 2.59. The number of aromatic nitrogens is 1. The Morgan fingerprint density at radius 3 is 2.46 bits per heavy atom. The third-order valence-electron chi connectivity index (χ3n) is 4.01. The molecule has 3 aromatic rings. The van der Waals surface area contributed by atoms with Gasteiger partial charge in [0.25, 0.3) is 0 Å². The van der Waals surface area contributed by atoms with Crippen molar-refractivity contribution in [3.05, 3.63) is 48.5 Å². The number of fused-ring (bicyclic) bond motifs is 1. The van der Waals surface area contributed by atoms with Gasteiger partial charge in [-0.15, -0.1) is 0 Å². The van der Waals surface area contributed by atoms with Crippen LogP contribution >= 0.6 is 0 Å². The van der Waals surface area contributed by atoms with Gasteiger partial charge in [0.15, 0.2) is 0 Å². The second-order valence-electron chi connectivity index (χ2n) is 5.84. The van der Waals surface area contributed by atoms with Gasteiger partial charge in [0, 0.05) is 22.7 Å². The fourth-order valence-electron chi connectivity index (χ4n) is 2.55. The SMILES string of the molecule is COc1ccc2cc(-c3ccc(S(=O)(=O)N[C@H](C)C(=O)O)cc3)[nH]c2c1. The highest BCUT2D eigenvalue weighted by Crippen LogP contribution is 2.27. The number of hydrogen-bond donors (Lipinski definition) is 3. The third kappa shape index (κ3) is 3.56. The normalized spacial score (nSPS) is 12.8. The quantitative estimate of drug-likeness (QED) is 0.614. The van der Waals surface area contributed by atoms with E-state index in [-0.39, 0.29) is 4.90 Å². The van der Waals surface area contributed by atoms with Gasteiger partial charge in [-0.05, 0) is 42.8 Å². The number of carboxylic acids is 1. The zero-order valence-electron chi connectivity index (χ0n) is 14.2. The maximum atomic E-state index is 12.2. The zero-order chi connectivity index (χ0) is 18.9. The molecule has 7 nitrogen and oxygen atoms in total.